The van der Waals surface area contributed by atoms with E-state index in [4.69, 9.17) is 10.7 Å². The van der Waals surface area contributed by atoms with Gasteiger partial charge in [-0.15, -0.1) is 0 Å². The number of non-ortho nitro benzene ring substituents is 1. The van der Waals surface area contributed by atoms with Crippen molar-refractivity contribution in [3.63, 3.8) is 0 Å². The first-order valence-electron chi connectivity index (χ1n) is 10.1. The van der Waals surface area contributed by atoms with E-state index < -0.39 is 4.92 Å². The van der Waals surface area contributed by atoms with Crippen molar-refractivity contribution >= 4 is 23.1 Å². The number of nitrogens with two attached hydrogens (primary N) is 1. The lowest BCUT2D eigenvalue weighted by atomic mass is 10.1. The summed E-state index contributed by atoms with van der Waals surface area (Å²) < 4.78 is 1.83. The van der Waals surface area contributed by atoms with Crippen molar-refractivity contribution in [2.24, 2.45) is 5.73 Å². The summed E-state index contributed by atoms with van der Waals surface area (Å²) in [6.45, 7) is 1.26. The zero-order chi connectivity index (χ0) is 22.5. The standard InChI is InChI=1S/C23H22N6O3/c24-10-11-25-23(30)18-9-12-28-20(14-18)27-21(17-7-4-8-19(13-17)29(31)32)22(28)26-15-16-5-2-1-3-6-16/h1-9,12-14,26H,10-11,15,24H2,(H,25,30). The number of fused-ring (bicyclic) bond motifs is 1. The third kappa shape index (κ3) is 4.42. The minimum absolute atomic E-state index is 0.0181. The summed E-state index contributed by atoms with van der Waals surface area (Å²) in [6, 6.07) is 19.6. The van der Waals surface area contributed by atoms with Gasteiger partial charge in [-0.1, -0.05) is 42.5 Å². The van der Waals surface area contributed by atoms with Crippen LogP contribution in [0.1, 0.15) is 15.9 Å². The van der Waals surface area contributed by atoms with Crippen LogP contribution in [0.2, 0.25) is 0 Å². The molecule has 9 heteroatoms. The van der Waals surface area contributed by atoms with Gasteiger partial charge in [0.25, 0.3) is 11.6 Å². The average Bonchev–Trinajstić information content (AvgIpc) is 3.19. The van der Waals surface area contributed by atoms with Gasteiger partial charge < -0.3 is 16.4 Å². The molecule has 0 bridgehead atoms. The molecule has 4 N–H and O–H groups in total. The summed E-state index contributed by atoms with van der Waals surface area (Å²) in [5, 5.41) is 17.4. The highest BCUT2D eigenvalue weighted by Gasteiger charge is 2.18. The number of carbonyl (C=O) groups is 1. The van der Waals surface area contributed by atoms with E-state index in [9.17, 15) is 14.9 Å². The van der Waals surface area contributed by atoms with Gasteiger partial charge in [-0.25, -0.2) is 4.98 Å². The minimum Gasteiger partial charge on any atom is -0.365 e. The van der Waals surface area contributed by atoms with Crippen molar-refractivity contribution in [2.75, 3.05) is 18.4 Å². The van der Waals surface area contributed by atoms with Crippen LogP contribution in [0.4, 0.5) is 11.5 Å². The summed E-state index contributed by atoms with van der Waals surface area (Å²) in [5.41, 5.74) is 8.68. The van der Waals surface area contributed by atoms with E-state index in [1.807, 2.05) is 34.7 Å². The Labute approximate surface area is 184 Å². The number of amides is 1. The number of aromatic nitrogens is 2. The maximum atomic E-state index is 12.3. The second-order valence-electron chi connectivity index (χ2n) is 7.14. The third-order valence-electron chi connectivity index (χ3n) is 4.95. The van der Waals surface area contributed by atoms with E-state index in [1.54, 1.807) is 30.5 Å². The maximum Gasteiger partial charge on any atom is 0.270 e. The first-order valence-corrected chi connectivity index (χ1v) is 10.1. The SMILES string of the molecule is NCCNC(=O)c1ccn2c(NCc3ccccc3)c(-c3cccc([N+](=O)[O-])c3)nc2c1. The molecule has 0 spiro atoms. The Kier molecular flexibility index (Phi) is 6.09. The van der Waals surface area contributed by atoms with Crippen LogP contribution in [0, 0.1) is 10.1 Å². The monoisotopic (exact) mass is 430 g/mol. The van der Waals surface area contributed by atoms with Gasteiger partial charge in [-0.3, -0.25) is 19.3 Å². The fourth-order valence-corrected chi connectivity index (χ4v) is 3.39. The van der Waals surface area contributed by atoms with Gasteiger partial charge in [-0.05, 0) is 17.7 Å². The molecule has 1 amide bonds. The van der Waals surface area contributed by atoms with Crippen LogP contribution in [0.3, 0.4) is 0 Å². The molecule has 0 saturated heterocycles. The van der Waals surface area contributed by atoms with Crippen molar-refractivity contribution in [3.05, 3.63) is 94.2 Å². The molecular formula is C23H22N6O3. The number of nitrogens with one attached hydrogen (secondary N) is 2. The van der Waals surface area contributed by atoms with E-state index in [0.717, 1.165) is 5.56 Å². The van der Waals surface area contributed by atoms with Crippen molar-refractivity contribution in [2.45, 2.75) is 6.54 Å². The predicted octanol–water partition coefficient (Wildman–Crippen LogP) is 3.21. The molecule has 2 heterocycles. The Hall–Kier alpha value is -4.24. The van der Waals surface area contributed by atoms with E-state index in [-0.39, 0.29) is 11.6 Å². The molecule has 0 aliphatic carbocycles. The molecular weight excluding hydrogens is 408 g/mol. The number of anilines is 1. The Morgan fingerprint density at radius 2 is 1.91 bits per heavy atom. The van der Waals surface area contributed by atoms with Crippen molar-refractivity contribution in [3.8, 4) is 11.3 Å². The largest absolute Gasteiger partial charge is 0.365 e. The lowest BCUT2D eigenvalue weighted by Crippen LogP contribution is -2.29. The highest BCUT2D eigenvalue weighted by Crippen LogP contribution is 2.31. The molecule has 2 aromatic carbocycles. The molecule has 0 saturated carbocycles. The highest BCUT2D eigenvalue weighted by molar-refractivity contribution is 5.95. The maximum absolute atomic E-state index is 12.3. The molecule has 0 aliphatic rings. The number of nitrogens with zero attached hydrogens (tertiary/aromatic N) is 3. The van der Waals surface area contributed by atoms with Gasteiger partial charge in [0.15, 0.2) is 0 Å². The summed E-state index contributed by atoms with van der Waals surface area (Å²) in [4.78, 5) is 27.9. The molecule has 0 fully saturated rings. The first-order chi connectivity index (χ1) is 15.6. The van der Waals surface area contributed by atoms with Crippen molar-refractivity contribution in [1.29, 1.82) is 0 Å². The van der Waals surface area contributed by atoms with Crippen LogP contribution in [0.25, 0.3) is 16.9 Å². The molecule has 2 aromatic heterocycles. The van der Waals surface area contributed by atoms with Gasteiger partial charge >= 0.3 is 0 Å². The number of carbonyl (C=O) groups excluding carboxylic acids is 1. The fourth-order valence-electron chi connectivity index (χ4n) is 3.39. The number of hydrogen-bond acceptors (Lipinski definition) is 6. The number of pyridine rings is 1. The lowest BCUT2D eigenvalue weighted by molar-refractivity contribution is -0.384. The number of rotatable bonds is 8. The first kappa shape index (κ1) is 21.0. The Morgan fingerprint density at radius 3 is 2.66 bits per heavy atom. The number of hydrogen-bond donors (Lipinski definition) is 3. The summed E-state index contributed by atoms with van der Waals surface area (Å²) in [6.07, 6.45) is 1.76. The van der Waals surface area contributed by atoms with Gasteiger partial charge in [0.2, 0.25) is 0 Å². The van der Waals surface area contributed by atoms with Crippen LogP contribution < -0.4 is 16.4 Å². The smallest absolute Gasteiger partial charge is 0.270 e. The van der Waals surface area contributed by atoms with E-state index in [0.29, 0.717) is 47.9 Å². The molecule has 0 atom stereocenters. The number of nitro benzene ring substituents is 1. The summed E-state index contributed by atoms with van der Waals surface area (Å²) in [5.74, 6) is 0.440. The fraction of sp³-hybridized carbons (Fsp3) is 0.130. The molecule has 9 nitrogen and oxygen atoms in total. The molecule has 4 aromatic rings. The second-order valence-corrected chi connectivity index (χ2v) is 7.14. The highest BCUT2D eigenvalue weighted by atomic mass is 16.6. The van der Waals surface area contributed by atoms with Crippen LogP contribution in [0.15, 0.2) is 72.9 Å². The Bertz CT molecular complexity index is 1270. The Morgan fingerprint density at radius 1 is 1.09 bits per heavy atom. The molecule has 0 aliphatic heterocycles. The van der Waals surface area contributed by atoms with Crippen LogP contribution >= 0.6 is 0 Å². The molecule has 162 valence electrons. The molecule has 0 unspecified atom stereocenters. The number of benzene rings is 2. The summed E-state index contributed by atoms with van der Waals surface area (Å²) >= 11 is 0. The zero-order valence-corrected chi connectivity index (χ0v) is 17.2. The zero-order valence-electron chi connectivity index (χ0n) is 17.2. The van der Waals surface area contributed by atoms with Crippen molar-refractivity contribution < 1.29 is 9.72 Å². The van der Waals surface area contributed by atoms with Gasteiger partial charge in [0.1, 0.15) is 17.2 Å². The average molecular weight is 430 g/mol. The van der Waals surface area contributed by atoms with Gasteiger partial charge in [0.05, 0.1) is 4.92 Å². The summed E-state index contributed by atoms with van der Waals surface area (Å²) in [7, 11) is 0. The molecule has 4 rings (SSSR count). The van der Waals surface area contributed by atoms with Crippen LogP contribution in [-0.4, -0.2) is 33.3 Å². The minimum atomic E-state index is -0.434. The normalized spacial score (nSPS) is 10.8. The number of imidazole rings is 1. The van der Waals surface area contributed by atoms with E-state index in [1.165, 1.54) is 12.1 Å². The lowest BCUT2D eigenvalue weighted by Gasteiger charge is -2.10. The van der Waals surface area contributed by atoms with Gasteiger partial charge in [0, 0.05) is 49.1 Å². The van der Waals surface area contributed by atoms with Crippen molar-refractivity contribution in [1.82, 2.24) is 14.7 Å². The van der Waals surface area contributed by atoms with E-state index >= 15 is 0 Å². The molecule has 32 heavy (non-hydrogen) atoms. The third-order valence-corrected chi connectivity index (χ3v) is 4.95. The van der Waals surface area contributed by atoms with Crippen LogP contribution in [0.5, 0.6) is 0 Å². The van der Waals surface area contributed by atoms with Gasteiger partial charge in [-0.2, -0.15) is 0 Å². The molecule has 0 radical (unpaired) electrons. The second kappa shape index (κ2) is 9.27. The quantitative estimate of drug-likeness (QED) is 0.291. The predicted molar refractivity (Wildman–Crippen MR) is 122 cm³/mol. The van der Waals surface area contributed by atoms with Crippen LogP contribution in [-0.2, 0) is 6.54 Å². The number of nitro groups is 1. The Balaban J connectivity index is 1.77. The van der Waals surface area contributed by atoms with E-state index in [2.05, 4.69) is 10.6 Å². The topological polar surface area (TPSA) is 128 Å².